The highest BCUT2D eigenvalue weighted by Crippen LogP contribution is 2.31. The monoisotopic (exact) mass is 351 g/mol. The van der Waals surface area contributed by atoms with Crippen LogP contribution in [0.2, 0.25) is 0 Å². The third kappa shape index (κ3) is 7.53. The first kappa shape index (κ1) is 20.5. The van der Waals surface area contributed by atoms with Gasteiger partial charge in [0.1, 0.15) is 0 Å². The molecule has 25 heavy (non-hydrogen) atoms. The number of nitrogens with zero attached hydrogens (tertiary/aromatic N) is 3. The maximum atomic E-state index is 4.88. The van der Waals surface area contributed by atoms with Crippen molar-refractivity contribution in [3.8, 4) is 0 Å². The Kier molecular flexibility index (Phi) is 9.04. The zero-order chi connectivity index (χ0) is 18.1. The fraction of sp³-hybridized carbons (Fsp3) is 0.950. The lowest BCUT2D eigenvalue weighted by molar-refractivity contribution is 0.292. The molecule has 2 rings (SSSR count). The first-order valence-corrected chi connectivity index (χ1v) is 10.7. The predicted molar refractivity (Wildman–Crippen MR) is 108 cm³/mol. The lowest BCUT2D eigenvalue weighted by Gasteiger charge is -2.21. The highest BCUT2D eigenvalue weighted by Gasteiger charge is 2.34. The average molecular weight is 352 g/mol. The molecule has 146 valence electrons. The van der Waals surface area contributed by atoms with Crippen molar-refractivity contribution in [3.05, 3.63) is 0 Å². The zero-order valence-corrected chi connectivity index (χ0v) is 17.1. The van der Waals surface area contributed by atoms with E-state index in [0.717, 1.165) is 44.1 Å². The Labute approximate surface area is 155 Å². The first-order chi connectivity index (χ1) is 12.2. The van der Waals surface area contributed by atoms with Crippen LogP contribution in [0.25, 0.3) is 0 Å². The summed E-state index contributed by atoms with van der Waals surface area (Å²) < 4.78 is 0. The van der Waals surface area contributed by atoms with E-state index in [-0.39, 0.29) is 0 Å². The van der Waals surface area contributed by atoms with Crippen LogP contribution in [0, 0.1) is 5.92 Å². The average Bonchev–Trinajstić information content (AvgIpc) is 3.35. The molecule has 0 aromatic carbocycles. The van der Waals surface area contributed by atoms with E-state index in [2.05, 4.69) is 48.1 Å². The number of hydrogen-bond acceptors (Lipinski definition) is 3. The Balaban J connectivity index is 1.69. The molecule has 0 amide bonds. The van der Waals surface area contributed by atoms with Gasteiger partial charge in [0.2, 0.25) is 0 Å². The zero-order valence-electron chi connectivity index (χ0n) is 17.1. The van der Waals surface area contributed by atoms with Crippen LogP contribution in [0.4, 0.5) is 0 Å². The van der Waals surface area contributed by atoms with E-state index in [1.807, 2.05) is 0 Å². The summed E-state index contributed by atoms with van der Waals surface area (Å²) in [6.45, 7) is 16.9. The molecule has 2 N–H and O–H groups in total. The predicted octanol–water partition coefficient (Wildman–Crippen LogP) is 2.54. The molecule has 2 aliphatic rings. The van der Waals surface area contributed by atoms with Crippen molar-refractivity contribution in [3.63, 3.8) is 0 Å². The molecule has 0 bridgehead atoms. The molecule has 1 aliphatic heterocycles. The molecule has 0 aromatic rings. The Bertz CT molecular complexity index is 390. The maximum Gasteiger partial charge on any atom is 0.191 e. The fourth-order valence-electron chi connectivity index (χ4n) is 3.79. The summed E-state index contributed by atoms with van der Waals surface area (Å²) in [5.41, 5.74) is 0. The second-order valence-corrected chi connectivity index (χ2v) is 7.81. The van der Waals surface area contributed by atoms with Gasteiger partial charge in [-0.25, -0.2) is 0 Å². The molecule has 2 atom stereocenters. The van der Waals surface area contributed by atoms with E-state index in [9.17, 15) is 0 Å². The van der Waals surface area contributed by atoms with Crippen molar-refractivity contribution >= 4 is 5.96 Å². The van der Waals surface area contributed by atoms with Crippen LogP contribution in [-0.4, -0.2) is 73.7 Å². The lowest BCUT2D eigenvalue weighted by atomic mass is 10.1. The highest BCUT2D eigenvalue weighted by molar-refractivity contribution is 5.80. The molecule has 5 nitrogen and oxygen atoms in total. The summed E-state index contributed by atoms with van der Waals surface area (Å²) in [6, 6.07) is 1.38. The van der Waals surface area contributed by atoms with E-state index in [1.165, 1.54) is 51.7 Å². The third-order valence-electron chi connectivity index (χ3n) is 5.62. The number of rotatable bonds is 11. The number of aliphatic imine (C=N–C) groups is 1. The Morgan fingerprint density at radius 1 is 1.20 bits per heavy atom. The SMILES string of the molecule is CCNC(=NCC1CCN(C2CC2)C1)NC(C)CCCN(CC)CC. The molecule has 1 saturated heterocycles. The molecule has 1 heterocycles. The third-order valence-corrected chi connectivity index (χ3v) is 5.62. The minimum Gasteiger partial charge on any atom is -0.357 e. The van der Waals surface area contributed by atoms with E-state index >= 15 is 0 Å². The first-order valence-electron chi connectivity index (χ1n) is 10.7. The highest BCUT2D eigenvalue weighted by atomic mass is 15.2. The second kappa shape index (κ2) is 11.0. The summed E-state index contributed by atoms with van der Waals surface area (Å²) in [7, 11) is 0. The summed E-state index contributed by atoms with van der Waals surface area (Å²) >= 11 is 0. The quantitative estimate of drug-likeness (QED) is 0.443. The van der Waals surface area contributed by atoms with Gasteiger partial charge in [-0.05, 0) is 78.0 Å². The van der Waals surface area contributed by atoms with E-state index in [1.54, 1.807) is 0 Å². The van der Waals surface area contributed by atoms with Crippen LogP contribution < -0.4 is 10.6 Å². The molecular formula is C20H41N5. The van der Waals surface area contributed by atoms with Gasteiger partial charge in [-0.3, -0.25) is 4.99 Å². The molecule has 5 heteroatoms. The van der Waals surface area contributed by atoms with Crippen molar-refractivity contribution in [2.45, 2.75) is 71.9 Å². The fourth-order valence-corrected chi connectivity index (χ4v) is 3.79. The maximum absolute atomic E-state index is 4.88. The van der Waals surface area contributed by atoms with Gasteiger partial charge in [0.05, 0.1) is 0 Å². The van der Waals surface area contributed by atoms with E-state index < -0.39 is 0 Å². The van der Waals surface area contributed by atoms with E-state index in [4.69, 9.17) is 4.99 Å². The molecule has 2 unspecified atom stereocenters. The van der Waals surface area contributed by atoms with Crippen LogP contribution in [0.5, 0.6) is 0 Å². The van der Waals surface area contributed by atoms with Crippen LogP contribution in [0.15, 0.2) is 4.99 Å². The Hall–Kier alpha value is -0.810. The number of hydrogen-bond donors (Lipinski definition) is 2. The van der Waals surface area contributed by atoms with Crippen LogP contribution >= 0.6 is 0 Å². The van der Waals surface area contributed by atoms with E-state index in [0.29, 0.717) is 6.04 Å². The molecule has 1 aliphatic carbocycles. The van der Waals surface area contributed by atoms with Gasteiger partial charge in [0.15, 0.2) is 5.96 Å². The number of likely N-dealkylation sites (tertiary alicyclic amines) is 1. The van der Waals surface area contributed by atoms with Gasteiger partial charge >= 0.3 is 0 Å². The van der Waals surface area contributed by atoms with Gasteiger partial charge in [-0.1, -0.05) is 13.8 Å². The van der Waals surface area contributed by atoms with Crippen LogP contribution in [-0.2, 0) is 0 Å². The lowest BCUT2D eigenvalue weighted by Crippen LogP contribution is -2.42. The number of nitrogens with one attached hydrogen (secondary N) is 2. The summed E-state index contributed by atoms with van der Waals surface area (Å²) in [5, 5.41) is 7.02. The van der Waals surface area contributed by atoms with Crippen molar-refractivity contribution < 1.29 is 0 Å². The van der Waals surface area contributed by atoms with Crippen LogP contribution in [0.3, 0.4) is 0 Å². The van der Waals surface area contributed by atoms with Crippen LogP contribution in [0.1, 0.15) is 59.8 Å². The number of guanidine groups is 1. The largest absolute Gasteiger partial charge is 0.357 e. The van der Waals surface area contributed by atoms with Crippen molar-refractivity contribution in [2.75, 3.05) is 45.8 Å². The topological polar surface area (TPSA) is 42.9 Å². The summed E-state index contributed by atoms with van der Waals surface area (Å²) in [6.07, 6.45) is 6.60. The van der Waals surface area contributed by atoms with Crippen molar-refractivity contribution in [1.82, 2.24) is 20.4 Å². The minimum atomic E-state index is 0.472. The van der Waals surface area contributed by atoms with Crippen molar-refractivity contribution in [1.29, 1.82) is 0 Å². The Morgan fingerprint density at radius 3 is 2.60 bits per heavy atom. The molecular weight excluding hydrogens is 310 g/mol. The van der Waals surface area contributed by atoms with Gasteiger partial charge in [0.25, 0.3) is 0 Å². The molecule has 0 aromatic heterocycles. The van der Waals surface area contributed by atoms with Gasteiger partial charge in [0, 0.05) is 31.7 Å². The second-order valence-electron chi connectivity index (χ2n) is 7.81. The summed E-state index contributed by atoms with van der Waals surface area (Å²) in [4.78, 5) is 10.1. The molecule has 1 saturated carbocycles. The molecule has 2 fully saturated rings. The Morgan fingerprint density at radius 2 is 1.96 bits per heavy atom. The van der Waals surface area contributed by atoms with Gasteiger partial charge in [-0.15, -0.1) is 0 Å². The smallest absolute Gasteiger partial charge is 0.191 e. The minimum absolute atomic E-state index is 0.472. The van der Waals surface area contributed by atoms with Gasteiger partial charge < -0.3 is 20.4 Å². The normalized spacial score (nSPS) is 23.2. The standard InChI is InChI=1S/C20H41N5/c1-5-21-20(23-17(4)9-8-13-24(6-2)7-3)22-15-18-12-14-25(16-18)19-10-11-19/h17-19H,5-16H2,1-4H3,(H2,21,22,23). The summed E-state index contributed by atoms with van der Waals surface area (Å²) in [5.74, 6) is 1.75. The van der Waals surface area contributed by atoms with Crippen molar-refractivity contribution in [2.24, 2.45) is 10.9 Å². The molecule has 0 spiro atoms. The molecule has 0 radical (unpaired) electrons. The van der Waals surface area contributed by atoms with Gasteiger partial charge in [-0.2, -0.15) is 0 Å².